The summed E-state index contributed by atoms with van der Waals surface area (Å²) < 4.78 is 0. The Labute approximate surface area is 135 Å². The van der Waals surface area contributed by atoms with Crippen molar-refractivity contribution in [1.82, 2.24) is 5.32 Å². The summed E-state index contributed by atoms with van der Waals surface area (Å²) in [5.74, 6) is -0.722. The average Bonchev–Trinajstić information content (AvgIpc) is 2.85. The molecule has 0 unspecified atom stereocenters. The van der Waals surface area contributed by atoms with Gasteiger partial charge in [0.25, 0.3) is 11.8 Å². The lowest BCUT2D eigenvalue weighted by atomic mass is 10.1. The number of nitrogens with one attached hydrogen (secondary N) is 2. The molecule has 120 valence electrons. The maximum Gasteiger partial charge on any atom is 0.259 e. The summed E-state index contributed by atoms with van der Waals surface area (Å²) in [7, 11) is 0. The molecule has 1 aliphatic heterocycles. The van der Waals surface area contributed by atoms with E-state index in [9.17, 15) is 14.4 Å². The number of carbonyl (C=O) groups excluding carboxylic acids is 3. The number of hydrogen-bond donors (Lipinski definition) is 2. The lowest BCUT2D eigenvalue weighted by Gasteiger charge is -2.07. The predicted molar refractivity (Wildman–Crippen MR) is 87.1 cm³/mol. The number of benzene rings is 1. The van der Waals surface area contributed by atoms with E-state index in [2.05, 4.69) is 30.6 Å². The van der Waals surface area contributed by atoms with Gasteiger partial charge in [-0.1, -0.05) is 25.5 Å². The van der Waals surface area contributed by atoms with E-state index in [0.717, 1.165) is 0 Å². The van der Waals surface area contributed by atoms with E-state index in [1.165, 1.54) is 5.57 Å². The number of allylic oxidation sites excluding steroid dienone is 2. The number of anilines is 1. The van der Waals surface area contributed by atoms with Gasteiger partial charge >= 0.3 is 0 Å². The highest BCUT2D eigenvalue weighted by Gasteiger charge is 2.60. The largest absolute Gasteiger partial charge is 0.326 e. The Bertz CT molecular complexity index is 758. The van der Waals surface area contributed by atoms with Crippen LogP contribution >= 0.6 is 0 Å². The van der Waals surface area contributed by atoms with E-state index in [1.807, 2.05) is 13.8 Å². The molecule has 1 fully saturated rings. The van der Waals surface area contributed by atoms with E-state index in [4.69, 9.17) is 0 Å². The van der Waals surface area contributed by atoms with Crippen molar-refractivity contribution in [2.45, 2.75) is 27.7 Å². The summed E-state index contributed by atoms with van der Waals surface area (Å²) in [6.45, 7) is 8.21. The van der Waals surface area contributed by atoms with Gasteiger partial charge in [0.1, 0.15) is 0 Å². The van der Waals surface area contributed by atoms with Crippen LogP contribution in [0.4, 0.5) is 5.69 Å². The molecule has 1 aromatic carbocycles. The molecule has 1 aliphatic carbocycles. The zero-order chi connectivity index (χ0) is 16.9. The van der Waals surface area contributed by atoms with Crippen LogP contribution in [0.5, 0.6) is 0 Å². The normalized spacial score (nSPS) is 23.8. The van der Waals surface area contributed by atoms with Gasteiger partial charge in [-0.3, -0.25) is 19.7 Å². The molecule has 0 radical (unpaired) electrons. The summed E-state index contributed by atoms with van der Waals surface area (Å²) in [4.78, 5) is 35.7. The highest BCUT2D eigenvalue weighted by atomic mass is 16.2. The average molecular weight is 312 g/mol. The van der Waals surface area contributed by atoms with Crippen LogP contribution in [0.1, 0.15) is 48.4 Å². The molecule has 3 amide bonds. The number of amides is 3. The van der Waals surface area contributed by atoms with Crippen LogP contribution in [0, 0.1) is 17.3 Å². The van der Waals surface area contributed by atoms with E-state index in [0.29, 0.717) is 16.8 Å². The van der Waals surface area contributed by atoms with Gasteiger partial charge in [-0.2, -0.15) is 0 Å². The van der Waals surface area contributed by atoms with Gasteiger partial charge in [0, 0.05) is 5.69 Å². The zero-order valence-electron chi connectivity index (χ0n) is 13.7. The first-order chi connectivity index (χ1) is 10.7. The van der Waals surface area contributed by atoms with Gasteiger partial charge in [-0.05, 0) is 43.4 Å². The Morgan fingerprint density at radius 2 is 1.83 bits per heavy atom. The molecule has 5 heteroatoms. The smallest absolute Gasteiger partial charge is 0.259 e. The molecule has 1 heterocycles. The monoisotopic (exact) mass is 312 g/mol. The Hall–Kier alpha value is -2.43. The van der Waals surface area contributed by atoms with E-state index in [1.54, 1.807) is 18.2 Å². The van der Waals surface area contributed by atoms with Crippen LogP contribution in [0.25, 0.3) is 0 Å². The van der Waals surface area contributed by atoms with Crippen LogP contribution in [-0.2, 0) is 4.79 Å². The van der Waals surface area contributed by atoms with Crippen molar-refractivity contribution in [2.24, 2.45) is 17.3 Å². The Morgan fingerprint density at radius 1 is 1.17 bits per heavy atom. The molecule has 2 atom stereocenters. The third kappa shape index (κ3) is 2.56. The minimum absolute atomic E-state index is 0.0535. The minimum Gasteiger partial charge on any atom is -0.326 e. The van der Waals surface area contributed by atoms with Crippen LogP contribution in [0.3, 0.4) is 0 Å². The number of rotatable bonds is 3. The molecule has 0 aromatic heterocycles. The highest BCUT2D eigenvalue weighted by molar-refractivity contribution is 6.22. The molecule has 5 nitrogen and oxygen atoms in total. The van der Waals surface area contributed by atoms with Crippen molar-refractivity contribution in [1.29, 1.82) is 0 Å². The fourth-order valence-electron chi connectivity index (χ4n) is 3.31. The number of hydrogen-bond acceptors (Lipinski definition) is 3. The van der Waals surface area contributed by atoms with E-state index >= 15 is 0 Å². The molecule has 0 saturated heterocycles. The van der Waals surface area contributed by atoms with Gasteiger partial charge in [0.15, 0.2) is 0 Å². The number of imide groups is 1. The molecule has 2 N–H and O–H groups in total. The molecule has 0 spiro atoms. The topological polar surface area (TPSA) is 75.3 Å². The van der Waals surface area contributed by atoms with Crippen molar-refractivity contribution in [3.05, 3.63) is 41.0 Å². The SMILES string of the molecule is CC(C)=C[C@H]1[C@H](C(=O)Nc2ccc3c(c2)C(=O)NC3=O)C1(C)C. The summed E-state index contributed by atoms with van der Waals surface area (Å²) in [5, 5.41) is 5.11. The Morgan fingerprint density at radius 3 is 2.48 bits per heavy atom. The first kappa shape index (κ1) is 15.5. The fourth-order valence-corrected chi connectivity index (χ4v) is 3.31. The van der Waals surface area contributed by atoms with Crippen molar-refractivity contribution >= 4 is 23.4 Å². The quantitative estimate of drug-likeness (QED) is 0.665. The van der Waals surface area contributed by atoms with Crippen molar-refractivity contribution in [2.75, 3.05) is 5.32 Å². The maximum absolute atomic E-state index is 12.5. The van der Waals surface area contributed by atoms with E-state index < -0.39 is 11.8 Å². The van der Waals surface area contributed by atoms with Crippen molar-refractivity contribution in [3.63, 3.8) is 0 Å². The third-order valence-corrected chi connectivity index (χ3v) is 4.71. The molecular formula is C18H20N2O3. The lowest BCUT2D eigenvalue weighted by molar-refractivity contribution is -0.118. The van der Waals surface area contributed by atoms with Crippen LogP contribution in [0.2, 0.25) is 0 Å². The summed E-state index contributed by atoms with van der Waals surface area (Å²) in [6.07, 6.45) is 2.14. The van der Waals surface area contributed by atoms with Gasteiger partial charge in [0.05, 0.1) is 17.0 Å². The van der Waals surface area contributed by atoms with Gasteiger partial charge in [0.2, 0.25) is 5.91 Å². The first-order valence-electron chi connectivity index (χ1n) is 7.67. The van der Waals surface area contributed by atoms with Crippen molar-refractivity contribution < 1.29 is 14.4 Å². The second-order valence-corrected chi connectivity index (χ2v) is 7.10. The maximum atomic E-state index is 12.5. The standard InChI is InChI=1S/C18H20N2O3/c1-9(2)7-13-14(18(13,3)4)17(23)19-10-5-6-11-12(8-10)16(22)20-15(11)21/h5-8,13-14H,1-4H3,(H,19,23)(H,20,21,22)/t13-,14+/m0/s1. The summed E-state index contributed by atoms with van der Waals surface area (Å²) in [5.41, 5.74) is 2.33. The molecule has 1 saturated carbocycles. The number of fused-ring (bicyclic) bond motifs is 1. The van der Waals surface area contributed by atoms with Crippen LogP contribution < -0.4 is 10.6 Å². The van der Waals surface area contributed by atoms with Gasteiger partial charge < -0.3 is 5.32 Å². The van der Waals surface area contributed by atoms with Crippen LogP contribution in [-0.4, -0.2) is 17.7 Å². The minimum atomic E-state index is -0.421. The summed E-state index contributed by atoms with van der Waals surface area (Å²) in [6, 6.07) is 4.77. The molecule has 0 bridgehead atoms. The Kier molecular flexibility index (Phi) is 3.39. The molecule has 2 aliphatic rings. The predicted octanol–water partition coefficient (Wildman–Crippen LogP) is 2.75. The van der Waals surface area contributed by atoms with Gasteiger partial charge in [-0.15, -0.1) is 0 Å². The second-order valence-electron chi connectivity index (χ2n) is 7.10. The molecular weight excluding hydrogens is 292 g/mol. The molecule has 1 aromatic rings. The Balaban J connectivity index is 1.78. The van der Waals surface area contributed by atoms with Gasteiger partial charge in [-0.25, -0.2) is 0 Å². The zero-order valence-corrected chi connectivity index (χ0v) is 13.7. The van der Waals surface area contributed by atoms with Crippen molar-refractivity contribution in [3.8, 4) is 0 Å². The number of carbonyl (C=O) groups is 3. The van der Waals surface area contributed by atoms with Crippen LogP contribution in [0.15, 0.2) is 29.8 Å². The molecule has 3 rings (SSSR count). The molecule has 23 heavy (non-hydrogen) atoms. The van der Waals surface area contributed by atoms with E-state index in [-0.39, 0.29) is 23.2 Å². The lowest BCUT2D eigenvalue weighted by Crippen LogP contribution is -2.20. The second kappa shape index (κ2) is 5.05. The third-order valence-electron chi connectivity index (χ3n) is 4.71. The first-order valence-corrected chi connectivity index (χ1v) is 7.67. The highest BCUT2D eigenvalue weighted by Crippen LogP contribution is 2.59. The summed E-state index contributed by atoms with van der Waals surface area (Å²) >= 11 is 0. The fraction of sp³-hybridized carbons (Fsp3) is 0.389.